The van der Waals surface area contributed by atoms with Crippen molar-refractivity contribution < 1.29 is 18.9 Å². The van der Waals surface area contributed by atoms with E-state index in [0.717, 1.165) is 27.1 Å². The molecule has 0 radical (unpaired) electrons. The molecular weight excluding hydrogens is 358 g/mol. The normalized spacial score (nSPS) is 11.2. The summed E-state index contributed by atoms with van der Waals surface area (Å²) in [4.78, 5) is 13.3. The van der Waals surface area contributed by atoms with Crippen LogP contribution >= 0.6 is 0 Å². The molecule has 1 heterocycles. The molecule has 6 nitrogen and oxygen atoms in total. The Morgan fingerprint density at radius 3 is 2.00 bits per heavy atom. The minimum atomic E-state index is -0.152. The molecule has 144 valence electrons. The number of fused-ring (bicyclic) bond motifs is 5. The predicted molar refractivity (Wildman–Crippen MR) is 110 cm³/mol. The van der Waals surface area contributed by atoms with E-state index in [1.165, 1.54) is 0 Å². The maximum Gasteiger partial charge on any atom is 0.262 e. The molecule has 0 N–H and O–H groups in total. The summed E-state index contributed by atoms with van der Waals surface area (Å²) in [5, 5.41) is 4.12. The fraction of sp³-hybridized carbons (Fsp3) is 0.227. The van der Waals surface area contributed by atoms with Crippen LogP contribution in [0.25, 0.3) is 32.4 Å². The molecule has 0 amide bonds. The van der Waals surface area contributed by atoms with Crippen molar-refractivity contribution >= 4 is 32.4 Å². The van der Waals surface area contributed by atoms with Crippen LogP contribution in [-0.4, -0.2) is 33.0 Å². The number of benzene rings is 3. The second kappa shape index (κ2) is 6.64. The zero-order valence-electron chi connectivity index (χ0n) is 16.5. The van der Waals surface area contributed by atoms with Gasteiger partial charge in [-0.2, -0.15) is 0 Å². The van der Waals surface area contributed by atoms with Gasteiger partial charge < -0.3 is 23.5 Å². The van der Waals surface area contributed by atoms with Crippen molar-refractivity contribution in [2.45, 2.75) is 0 Å². The van der Waals surface area contributed by atoms with Crippen LogP contribution in [0.5, 0.6) is 23.0 Å². The van der Waals surface area contributed by atoms with Crippen LogP contribution in [0.3, 0.4) is 0 Å². The molecule has 0 saturated carbocycles. The van der Waals surface area contributed by atoms with Gasteiger partial charge in [0.2, 0.25) is 0 Å². The summed E-state index contributed by atoms with van der Waals surface area (Å²) in [5.41, 5.74) is 0.670. The van der Waals surface area contributed by atoms with Crippen LogP contribution in [0.4, 0.5) is 0 Å². The van der Waals surface area contributed by atoms with Crippen molar-refractivity contribution in [1.82, 2.24) is 4.57 Å². The average Bonchev–Trinajstić information content (AvgIpc) is 2.74. The molecule has 0 aliphatic heterocycles. The summed E-state index contributed by atoms with van der Waals surface area (Å²) in [6.45, 7) is 0. The Hall–Kier alpha value is -3.41. The standard InChI is InChI=1S/C22H21NO5/c1-23-20-14(7-6-12-10-17(26-3)18(27-4)11-15(12)20)13-8-9-16(25-2)21(28-5)19(13)22(23)24/h6-11H,1-5H3. The highest BCUT2D eigenvalue weighted by Crippen LogP contribution is 2.40. The van der Waals surface area contributed by atoms with Gasteiger partial charge in [-0.25, -0.2) is 0 Å². The Morgan fingerprint density at radius 1 is 0.714 bits per heavy atom. The molecule has 0 spiro atoms. The summed E-state index contributed by atoms with van der Waals surface area (Å²) in [7, 11) is 8.06. The van der Waals surface area contributed by atoms with Crippen molar-refractivity contribution in [3.05, 3.63) is 46.8 Å². The van der Waals surface area contributed by atoms with Gasteiger partial charge in [-0.05, 0) is 29.7 Å². The van der Waals surface area contributed by atoms with Crippen LogP contribution in [0.1, 0.15) is 0 Å². The number of hydrogen-bond acceptors (Lipinski definition) is 5. The molecular formula is C22H21NO5. The highest BCUT2D eigenvalue weighted by Gasteiger charge is 2.19. The van der Waals surface area contributed by atoms with Crippen molar-refractivity contribution in [3.8, 4) is 23.0 Å². The third kappa shape index (κ3) is 2.37. The lowest BCUT2D eigenvalue weighted by atomic mass is 10.00. The lowest BCUT2D eigenvalue weighted by molar-refractivity contribution is 0.356. The summed E-state index contributed by atoms with van der Waals surface area (Å²) in [5.74, 6) is 2.22. The fourth-order valence-corrected chi connectivity index (χ4v) is 3.85. The topological polar surface area (TPSA) is 58.9 Å². The second-order valence-corrected chi connectivity index (χ2v) is 6.48. The Bertz CT molecular complexity index is 1290. The maximum atomic E-state index is 13.3. The summed E-state index contributed by atoms with van der Waals surface area (Å²) in [6, 6.07) is 11.6. The number of aromatic nitrogens is 1. The number of pyridine rings is 1. The molecule has 0 unspecified atom stereocenters. The molecule has 0 aliphatic carbocycles. The van der Waals surface area contributed by atoms with Crippen LogP contribution in [-0.2, 0) is 7.05 Å². The highest BCUT2D eigenvalue weighted by molar-refractivity contribution is 6.17. The van der Waals surface area contributed by atoms with Gasteiger partial charge in [-0.15, -0.1) is 0 Å². The van der Waals surface area contributed by atoms with Crippen LogP contribution in [0, 0.1) is 0 Å². The average molecular weight is 379 g/mol. The Morgan fingerprint density at radius 2 is 1.36 bits per heavy atom. The van der Waals surface area contributed by atoms with Gasteiger partial charge in [0.25, 0.3) is 5.56 Å². The van der Waals surface area contributed by atoms with Crippen molar-refractivity contribution in [3.63, 3.8) is 0 Å². The highest BCUT2D eigenvalue weighted by atomic mass is 16.5. The molecule has 0 atom stereocenters. The van der Waals surface area contributed by atoms with Gasteiger partial charge in [-0.3, -0.25) is 4.79 Å². The molecule has 0 bridgehead atoms. The third-order valence-corrected chi connectivity index (χ3v) is 5.19. The van der Waals surface area contributed by atoms with E-state index in [2.05, 4.69) is 0 Å². The largest absolute Gasteiger partial charge is 0.493 e. The van der Waals surface area contributed by atoms with E-state index in [0.29, 0.717) is 28.4 Å². The van der Waals surface area contributed by atoms with E-state index >= 15 is 0 Å². The first-order valence-corrected chi connectivity index (χ1v) is 8.77. The Balaban J connectivity index is 2.25. The SMILES string of the molecule is COc1cc2ccc3c4ccc(OC)c(OC)c4c(=O)n(C)c3c2cc1OC. The quantitative estimate of drug-likeness (QED) is 0.504. The molecule has 0 saturated heterocycles. The van der Waals surface area contributed by atoms with E-state index < -0.39 is 0 Å². The van der Waals surface area contributed by atoms with Gasteiger partial charge in [0.1, 0.15) is 0 Å². The van der Waals surface area contributed by atoms with E-state index in [1.807, 2.05) is 36.4 Å². The van der Waals surface area contributed by atoms with Gasteiger partial charge in [0.05, 0.1) is 39.3 Å². The minimum absolute atomic E-state index is 0.152. The minimum Gasteiger partial charge on any atom is -0.493 e. The first kappa shape index (κ1) is 18.0. The van der Waals surface area contributed by atoms with Crippen molar-refractivity contribution in [1.29, 1.82) is 0 Å². The number of rotatable bonds is 4. The zero-order chi connectivity index (χ0) is 20.0. The smallest absolute Gasteiger partial charge is 0.262 e. The first-order valence-electron chi connectivity index (χ1n) is 8.77. The van der Waals surface area contributed by atoms with Gasteiger partial charge in [0, 0.05) is 23.2 Å². The van der Waals surface area contributed by atoms with Gasteiger partial charge in [0.15, 0.2) is 23.0 Å². The molecule has 4 aromatic rings. The fourth-order valence-electron chi connectivity index (χ4n) is 3.85. The molecule has 0 aliphatic rings. The van der Waals surface area contributed by atoms with E-state index in [9.17, 15) is 4.79 Å². The third-order valence-electron chi connectivity index (χ3n) is 5.19. The van der Waals surface area contributed by atoms with Gasteiger partial charge in [-0.1, -0.05) is 12.1 Å². The van der Waals surface area contributed by atoms with Gasteiger partial charge >= 0.3 is 0 Å². The van der Waals surface area contributed by atoms with Crippen molar-refractivity contribution in [2.75, 3.05) is 28.4 Å². The summed E-state index contributed by atoms with van der Waals surface area (Å²) < 4.78 is 23.4. The van der Waals surface area contributed by atoms with Crippen molar-refractivity contribution in [2.24, 2.45) is 7.05 Å². The molecule has 0 fully saturated rings. The molecule has 3 aromatic carbocycles. The lowest BCUT2D eigenvalue weighted by Gasteiger charge is -2.16. The number of ether oxygens (including phenoxy) is 4. The molecule has 28 heavy (non-hydrogen) atoms. The monoisotopic (exact) mass is 379 g/mol. The molecule has 4 rings (SSSR count). The van der Waals surface area contributed by atoms with Crippen LogP contribution < -0.4 is 24.5 Å². The maximum absolute atomic E-state index is 13.3. The zero-order valence-corrected chi connectivity index (χ0v) is 16.5. The predicted octanol–water partition coefficient (Wildman–Crippen LogP) is 3.88. The lowest BCUT2D eigenvalue weighted by Crippen LogP contribution is -2.18. The molecule has 6 heteroatoms. The van der Waals surface area contributed by atoms with E-state index in [4.69, 9.17) is 18.9 Å². The number of aryl methyl sites for hydroxylation is 1. The molecule has 1 aromatic heterocycles. The van der Waals surface area contributed by atoms with Crippen LogP contribution in [0.15, 0.2) is 41.2 Å². The Labute approximate surface area is 161 Å². The summed E-state index contributed by atoms with van der Waals surface area (Å²) in [6.07, 6.45) is 0. The second-order valence-electron chi connectivity index (χ2n) is 6.48. The van der Waals surface area contributed by atoms with E-state index in [-0.39, 0.29) is 5.56 Å². The summed E-state index contributed by atoms with van der Waals surface area (Å²) >= 11 is 0. The Kier molecular flexibility index (Phi) is 4.26. The first-order chi connectivity index (χ1) is 13.5. The van der Waals surface area contributed by atoms with Crippen LogP contribution in [0.2, 0.25) is 0 Å². The number of hydrogen-bond donors (Lipinski definition) is 0. The number of methoxy groups -OCH3 is 4. The number of nitrogens with zero attached hydrogens (tertiary/aromatic N) is 1. The van der Waals surface area contributed by atoms with E-state index in [1.54, 1.807) is 40.1 Å².